The first-order valence-electron chi connectivity index (χ1n) is 5.47. The lowest BCUT2D eigenvalue weighted by Crippen LogP contribution is -2.29. The highest BCUT2D eigenvalue weighted by molar-refractivity contribution is 6.04. The van der Waals surface area contributed by atoms with E-state index in [0.29, 0.717) is 16.1 Å². The third kappa shape index (κ3) is 2.45. The van der Waals surface area contributed by atoms with Gasteiger partial charge in [0.2, 0.25) is 0 Å². The minimum Gasteiger partial charge on any atom is -0.619 e. The van der Waals surface area contributed by atoms with Crippen LogP contribution in [0.4, 0.5) is 5.82 Å². The fourth-order valence-electron chi connectivity index (χ4n) is 1.51. The first-order chi connectivity index (χ1) is 8.58. The smallest absolute Gasteiger partial charge is 0.259 e. The molecule has 0 bridgehead atoms. The summed E-state index contributed by atoms with van der Waals surface area (Å²) < 4.78 is 0.640. The van der Waals surface area contributed by atoms with Gasteiger partial charge in [-0.15, -0.1) is 0 Å². The van der Waals surface area contributed by atoms with Crippen molar-refractivity contribution >= 4 is 11.7 Å². The van der Waals surface area contributed by atoms with Crippen LogP contribution in [-0.2, 0) is 0 Å². The molecule has 0 aliphatic rings. The zero-order valence-electron chi connectivity index (χ0n) is 10.2. The Labute approximate surface area is 105 Å². The number of nitrogens with zero attached hydrogens (tertiary/aromatic N) is 3. The van der Waals surface area contributed by atoms with E-state index >= 15 is 0 Å². The van der Waals surface area contributed by atoms with Gasteiger partial charge in [0.1, 0.15) is 5.82 Å². The lowest BCUT2D eigenvalue weighted by Gasteiger charge is -2.15. The molecule has 0 unspecified atom stereocenters. The Kier molecular flexibility index (Phi) is 3.23. The number of pyridine rings is 2. The van der Waals surface area contributed by atoms with Crippen LogP contribution < -0.4 is 9.63 Å². The zero-order valence-corrected chi connectivity index (χ0v) is 10.2. The number of rotatable bonds is 2. The second-order valence-electron chi connectivity index (χ2n) is 4.00. The normalized spacial score (nSPS) is 10.1. The predicted octanol–water partition coefficient (Wildman–Crippen LogP) is 1.30. The Morgan fingerprint density at radius 3 is 2.50 bits per heavy atom. The van der Waals surface area contributed by atoms with Gasteiger partial charge in [-0.05, 0) is 18.6 Å². The molecule has 0 saturated carbocycles. The van der Waals surface area contributed by atoms with E-state index in [4.69, 9.17) is 0 Å². The largest absolute Gasteiger partial charge is 0.619 e. The molecule has 2 heterocycles. The second kappa shape index (κ2) is 4.83. The molecule has 0 saturated heterocycles. The van der Waals surface area contributed by atoms with E-state index < -0.39 is 0 Å². The first-order valence-corrected chi connectivity index (χ1v) is 5.47. The minimum absolute atomic E-state index is 0.202. The summed E-state index contributed by atoms with van der Waals surface area (Å²) in [5, 5.41) is 10.9. The van der Waals surface area contributed by atoms with E-state index in [9.17, 15) is 10.0 Å². The van der Waals surface area contributed by atoms with Crippen LogP contribution >= 0.6 is 0 Å². The Balaban J connectivity index is 2.23. The quantitative estimate of drug-likeness (QED) is 0.590. The van der Waals surface area contributed by atoms with Gasteiger partial charge in [-0.2, -0.15) is 4.73 Å². The number of anilines is 1. The van der Waals surface area contributed by atoms with Crippen molar-refractivity contribution in [2.75, 3.05) is 11.9 Å². The fourth-order valence-corrected chi connectivity index (χ4v) is 1.51. The Morgan fingerprint density at radius 1 is 1.28 bits per heavy atom. The van der Waals surface area contributed by atoms with Crippen LogP contribution in [-0.4, -0.2) is 17.9 Å². The van der Waals surface area contributed by atoms with E-state index in [0.717, 1.165) is 5.56 Å². The van der Waals surface area contributed by atoms with Gasteiger partial charge < -0.3 is 5.21 Å². The van der Waals surface area contributed by atoms with E-state index in [-0.39, 0.29) is 5.91 Å². The molecule has 0 aliphatic carbocycles. The molecule has 0 atom stereocenters. The van der Waals surface area contributed by atoms with E-state index in [1.807, 2.05) is 13.0 Å². The minimum atomic E-state index is -0.202. The summed E-state index contributed by atoms with van der Waals surface area (Å²) in [5.41, 5.74) is 1.48. The molecular formula is C13H13N3O2. The maximum absolute atomic E-state index is 12.1. The molecule has 0 N–H and O–H groups in total. The van der Waals surface area contributed by atoms with Crippen molar-refractivity contribution in [1.29, 1.82) is 0 Å². The van der Waals surface area contributed by atoms with Gasteiger partial charge in [0.25, 0.3) is 5.91 Å². The average molecular weight is 243 g/mol. The summed E-state index contributed by atoms with van der Waals surface area (Å²) in [4.78, 5) is 17.7. The van der Waals surface area contributed by atoms with Gasteiger partial charge in [0.15, 0.2) is 12.4 Å². The summed E-state index contributed by atoms with van der Waals surface area (Å²) in [7, 11) is 1.65. The van der Waals surface area contributed by atoms with Gasteiger partial charge in [-0.1, -0.05) is 6.07 Å². The number of hydrogen-bond acceptors (Lipinski definition) is 3. The Hall–Kier alpha value is -2.43. The second-order valence-corrected chi connectivity index (χ2v) is 4.00. The van der Waals surface area contributed by atoms with Crippen molar-refractivity contribution in [2.24, 2.45) is 0 Å². The standard InChI is InChI=1S/C13H13N3O2/c1-10-3-4-12(14-9-10)15(2)13(17)11-5-7-16(18)8-6-11/h3-9H,1-2H3. The van der Waals surface area contributed by atoms with E-state index in [1.54, 1.807) is 19.3 Å². The molecule has 2 aromatic heterocycles. The SMILES string of the molecule is Cc1ccc(N(C)C(=O)c2cc[n+]([O-])cc2)nc1. The third-order valence-electron chi connectivity index (χ3n) is 2.59. The summed E-state index contributed by atoms with van der Waals surface area (Å²) >= 11 is 0. The maximum atomic E-state index is 12.1. The molecule has 2 rings (SSSR count). The van der Waals surface area contributed by atoms with Gasteiger partial charge in [0, 0.05) is 25.4 Å². The summed E-state index contributed by atoms with van der Waals surface area (Å²) in [5.74, 6) is 0.372. The molecule has 0 spiro atoms. The van der Waals surface area contributed by atoms with Gasteiger partial charge >= 0.3 is 0 Å². The number of aromatic nitrogens is 2. The third-order valence-corrected chi connectivity index (χ3v) is 2.59. The van der Waals surface area contributed by atoms with Gasteiger partial charge in [0.05, 0.1) is 5.56 Å². The van der Waals surface area contributed by atoms with Gasteiger partial charge in [-0.25, -0.2) is 4.98 Å². The number of amides is 1. The zero-order chi connectivity index (χ0) is 13.1. The fraction of sp³-hybridized carbons (Fsp3) is 0.154. The van der Waals surface area contributed by atoms with Crippen molar-refractivity contribution < 1.29 is 9.52 Å². The molecule has 5 nitrogen and oxygen atoms in total. The Bertz CT molecular complexity index is 549. The molecule has 2 aromatic rings. The van der Waals surface area contributed by atoms with Crippen LogP contribution in [0.25, 0.3) is 0 Å². The highest BCUT2D eigenvalue weighted by Crippen LogP contribution is 2.12. The Morgan fingerprint density at radius 2 is 1.94 bits per heavy atom. The van der Waals surface area contributed by atoms with Crippen molar-refractivity contribution in [3.8, 4) is 0 Å². The molecule has 0 aliphatic heterocycles. The van der Waals surface area contributed by atoms with Crippen molar-refractivity contribution in [3.05, 3.63) is 59.2 Å². The predicted molar refractivity (Wildman–Crippen MR) is 67.1 cm³/mol. The summed E-state index contributed by atoms with van der Waals surface area (Å²) in [6.45, 7) is 1.93. The van der Waals surface area contributed by atoms with Crippen LogP contribution in [0.3, 0.4) is 0 Å². The number of carbonyl (C=O) groups is 1. The highest BCUT2D eigenvalue weighted by Gasteiger charge is 2.14. The first kappa shape index (κ1) is 12.0. The van der Waals surface area contributed by atoms with Gasteiger partial charge in [-0.3, -0.25) is 9.69 Å². The molecule has 5 heteroatoms. The molecular weight excluding hydrogens is 230 g/mol. The summed E-state index contributed by atoms with van der Waals surface area (Å²) in [6, 6.07) is 6.65. The lowest BCUT2D eigenvalue weighted by molar-refractivity contribution is -0.605. The van der Waals surface area contributed by atoms with Crippen molar-refractivity contribution in [3.63, 3.8) is 0 Å². The molecule has 92 valence electrons. The number of aryl methyl sites for hydroxylation is 1. The topological polar surface area (TPSA) is 60.1 Å². The van der Waals surface area contributed by atoms with Crippen LogP contribution in [0.15, 0.2) is 42.9 Å². The summed E-state index contributed by atoms with van der Waals surface area (Å²) in [6.07, 6.45) is 4.29. The monoisotopic (exact) mass is 243 g/mol. The van der Waals surface area contributed by atoms with Crippen LogP contribution in [0, 0.1) is 12.1 Å². The van der Waals surface area contributed by atoms with E-state index in [1.165, 1.54) is 29.4 Å². The molecule has 18 heavy (non-hydrogen) atoms. The van der Waals surface area contributed by atoms with Crippen LogP contribution in [0.5, 0.6) is 0 Å². The molecule has 0 radical (unpaired) electrons. The molecule has 0 aromatic carbocycles. The molecule has 1 amide bonds. The number of hydrogen-bond donors (Lipinski definition) is 0. The lowest BCUT2D eigenvalue weighted by atomic mass is 10.2. The van der Waals surface area contributed by atoms with E-state index in [2.05, 4.69) is 4.98 Å². The average Bonchev–Trinajstić information content (AvgIpc) is 2.39. The van der Waals surface area contributed by atoms with Crippen molar-refractivity contribution in [1.82, 2.24) is 4.98 Å². The maximum Gasteiger partial charge on any atom is 0.259 e. The highest BCUT2D eigenvalue weighted by atomic mass is 16.5. The van der Waals surface area contributed by atoms with Crippen LogP contribution in [0.2, 0.25) is 0 Å². The number of carbonyl (C=O) groups excluding carboxylic acids is 1. The van der Waals surface area contributed by atoms with Crippen molar-refractivity contribution in [2.45, 2.75) is 6.92 Å². The van der Waals surface area contributed by atoms with Crippen LogP contribution in [0.1, 0.15) is 15.9 Å². The molecule has 0 fully saturated rings.